The van der Waals surface area contributed by atoms with Gasteiger partial charge in [-0.15, -0.1) is 0 Å². The molecule has 2 aromatic rings. The summed E-state index contributed by atoms with van der Waals surface area (Å²) in [7, 11) is 3.49. The number of rotatable bonds is 1. The number of carbonyl (C=O) groups excluding carboxylic acids is 1. The van der Waals surface area contributed by atoms with Crippen molar-refractivity contribution in [2.24, 2.45) is 0 Å². The van der Waals surface area contributed by atoms with Crippen molar-refractivity contribution in [3.05, 3.63) is 36.0 Å². The largest absolute Gasteiger partial charge is 0.351 e. The number of aromatic nitrogens is 1. The first-order valence-corrected chi connectivity index (χ1v) is 5.89. The van der Waals surface area contributed by atoms with Crippen LogP contribution in [0.1, 0.15) is 32.2 Å². The van der Waals surface area contributed by atoms with Crippen LogP contribution >= 0.6 is 0 Å². The smallest absolute Gasteiger partial charge is 0.269 e. The Morgan fingerprint density at radius 3 is 2.41 bits per heavy atom. The van der Waals surface area contributed by atoms with Gasteiger partial charge in [-0.1, -0.05) is 38.5 Å². The summed E-state index contributed by atoms with van der Waals surface area (Å²) >= 11 is 0. The number of nitrogens with one attached hydrogen (secondary N) is 1. The van der Waals surface area contributed by atoms with E-state index in [4.69, 9.17) is 0 Å². The van der Waals surface area contributed by atoms with Gasteiger partial charge in [0.25, 0.3) is 5.91 Å². The maximum absolute atomic E-state index is 11.6. The summed E-state index contributed by atoms with van der Waals surface area (Å²) < 4.78 is 0. The predicted octanol–water partition coefficient (Wildman–Crippen LogP) is 3.53. The Balaban J connectivity index is 0.000000660. The standard InChI is InChI=1S/C11H12N2O.C3H8.H2/c1-13(2)11(14)10-7-8-5-3-4-6-9(8)12-10;1-3-2;/h3-7,12H,1-2H3;3H2,1-2H3;1H. The van der Waals surface area contributed by atoms with Crippen molar-refractivity contribution in [1.82, 2.24) is 9.88 Å². The Morgan fingerprint density at radius 1 is 1.29 bits per heavy atom. The molecule has 0 saturated carbocycles. The lowest BCUT2D eigenvalue weighted by atomic mass is 10.2. The minimum atomic E-state index is 0. The highest BCUT2D eigenvalue weighted by molar-refractivity contribution is 5.97. The molecule has 3 heteroatoms. The minimum absolute atomic E-state index is 0. The van der Waals surface area contributed by atoms with Crippen molar-refractivity contribution in [3.8, 4) is 0 Å². The number of aromatic amines is 1. The van der Waals surface area contributed by atoms with Crippen LogP contribution in [0.2, 0.25) is 0 Å². The molecule has 3 nitrogen and oxygen atoms in total. The molecule has 1 N–H and O–H groups in total. The van der Waals surface area contributed by atoms with Gasteiger partial charge in [0.15, 0.2) is 0 Å². The molecule has 0 saturated heterocycles. The molecule has 0 aliphatic carbocycles. The second-order valence-corrected chi connectivity index (χ2v) is 4.18. The van der Waals surface area contributed by atoms with Crippen molar-refractivity contribution >= 4 is 16.8 Å². The van der Waals surface area contributed by atoms with E-state index in [2.05, 4.69) is 18.8 Å². The van der Waals surface area contributed by atoms with E-state index < -0.39 is 0 Å². The summed E-state index contributed by atoms with van der Waals surface area (Å²) in [6.45, 7) is 4.25. The van der Waals surface area contributed by atoms with Crippen LogP contribution in [-0.2, 0) is 0 Å². The molecule has 0 aliphatic heterocycles. The van der Waals surface area contributed by atoms with Crippen LogP contribution in [0, 0.1) is 0 Å². The highest BCUT2D eigenvalue weighted by Gasteiger charge is 2.10. The number of para-hydroxylation sites is 1. The average Bonchev–Trinajstić information content (AvgIpc) is 2.72. The maximum Gasteiger partial charge on any atom is 0.269 e. The number of H-pyrrole nitrogens is 1. The second-order valence-electron chi connectivity index (χ2n) is 4.18. The lowest BCUT2D eigenvalue weighted by molar-refractivity contribution is 0.0823. The zero-order valence-corrected chi connectivity index (χ0v) is 10.9. The van der Waals surface area contributed by atoms with E-state index in [0.717, 1.165) is 10.9 Å². The van der Waals surface area contributed by atoms with Gasteiger partial charge in [0.05, 0.1) is 0 Å². The molecule has 0 radical (unpaired) electrons. The van der Waals surface area contributed by atoms with E-state index in [1.165, 1.54) is 6.42 Å². The van der Waals surface area contributed by atoms with Crippen LogP contribution < -0.4 is 0 Å². The van der Waals surface area contributed by atoms with Gasteiger partial charge in [0.1, 0.15) is 5.69 Å². The first-order valence-electron chi connectivity index (χ1n) is 5.89. The van der Waals surface area contributed by atoms with Crippen LogP contribution in [-0.4, -0.2) is 29.9 Å². The van der Waals surface area contributed by atoms with Crippen LogP contribution in [0.15, 0.2) is 30.3 Å². The molecule has 0 atom stereocenters. The molecule has 1 aromatic heterocycles. The van der Waals surface area contributed by atoms with E-state index in [1.54, 1.807) is 19.0 Å². The summed E-state index contributed by atoms with van der Waals surface area (Å²) in [5.41, 5.74) is 1.63. The normalized spacial score (nSPS) is 9.65. The second kappa shape index (κ2) is 6.09. The van der Waals surface area contributed by atoms with E-state index in [9.17, 15) is 4.79 Å². The summed E-state index contributed by atoms with van der Waals surface area (Å²) in [5.74, 6) is 0.00111. The molecule has 1 amide bonds. The number of nitrogens with zero attached hydrogens (tertiary/aromatic N) is 1. The SMILES string of the molecule is CCC.CN(C)C(=O)c1cc2ccccc2[nH]1.[HH]. The molecule has 2 rings (SSSR count). The lowest BCUT2D eigenvalue weighted by Gasteiger charge is -2.07. The third-order valence-corrected chi connectivity index (χ3v) is 2.17. The molecule has 0 unspecified atom stereocenters. The van der Waals surface area contributed by atoms with Gasteiger partial charge in [-0.3, -0.25) is 4.79 Å². The Morgan fingerprint density at radius 2 is 1.88 bits per heavy atom. The number of hydrogen-bond donors (Lipinski definition) is 1. The highest BCUT2D eigenvalue weighted by atomic mass is 16.2. The topological polar surface area (TPSA) is 36.1 Å². The molecule has 94 valence electrons. The van der Waals surface area contributed by atoms with Crippen molar-refractivity contribution in [3.63, 3.8) is 0 Å². The van der Waals surface area contributed by atoms with Gasteiger partial charge in [0.2, 0.25) is 0 Å². The molecular formula is C14H22N2O. The van der Waals surface area contributed by atoms with Gasteiger partial charge in [-0.2, -0.15) is 0 Å². The van der Waals surface area contributed by atoms with E-state index in [-0.39, 0.29) is 7.33 Å². The molecular weight excluding hydrogens is 212 g/mol. The minimum Gasteiger partial charge on any atom is -0.351 e. The molecule has 0 bridgehead atoms. The van der Waals surface area contributed by atoms with Gasteiger partial charge in [-0.05, 0) is 12.1 Å². The van der Waals surface area contributed by atoms with E-state index in [1.807, 2.05) is 30.3 Å². The number of carbonyl (C=O) groups is 1. The number of hydrogen-bond acceptors (Lipinski definition) is 1. The van der Waals surface area contributed by atoms with Gasteiger partial charge < -0.3 is 9.88 Å². The predicted molar refractivity (Wildman–Crippen MR) is 74.4 cm³/mol. The van der Waals surface area contributed by atoms with Crippen molar-refractivity contribution in [2.45, 2.75) is 20.3 Å². The molecule has 0 fully saturated rings. The Bertz CT molecular complexity index is 458. The van der Waals surface area contributed by atoms with E-state index >= 15 is 0 Å². The van der Waals surface area contributed by atoms with Crippen LogP contribution in [0.3, 0.4) is 0 Å². The number of amides is 1. The first kappa shape index (κ1) is 13.3. The fourth-order valence-corrected chi connectivity index (χ4v) is 1.43. The van der Waals surface area contributed by atoms with Gasteiger partial charge in [0, 0.05) is 26.4 Å². The maximum atomic E-state index is 11.6. The third-order valence-electron chi connectivity index (χ3n) is 2.17. The van der Waals surface area contributed by atoms with Crippen LogP contribution in [0.25, 0.3) is 10.9 Å². The Labute approximate surface area is 104 Å². The first-order chi connectivity index (χ1) is 8.10. The fourth-order valence-electron chi connectivity index (χ4n) is 1.43. The fraction of sp³-hybridized carbons (Fsp3) is 0.357. The quantitative estimate of drug-likeness (QED) is 0.805. The zero-order valence-electron chi connectivity index (χ0n) is 10.9. The molecule has 0 aliphatic rings. The molecule has 17 heavy (non-hydrogen) atoms. The highest BCUT2D eigenvalue weighted by Crippen LogP contribution is 2.15. The summed E-state index contributed by atoms with van der Waals surface area (Å²) in [6, 6.07) is 9.72. The summed E-state index contributed by atoms with van der Waals surface area (Å²) in [4.78, 5) is 16.3. The lowest BCUT2D eigenvalue weighted by Crippen LogP contribution is -2.21. The van der Waals surface area contributed by atoms with Crippen molar-refractivity contribution in [1.29, 1.82) is 0 Å². The molecule has 1 heterocycles. The average molecular weight is 234 g/mol. The third kappa shape index (κ3) is 3.34. The number of benzene rings is 1. The van der Waals surface area contributed by atoms with E-state index in [0.29, 0.717) is 5.69 Å². The summed E-state index contributed by atoms with van der Waals surface area (Å²) in [6.07, 6.45) is 1.25. The van der Waals surface area contributed by atoms with Gasteiger partial charge in [-0.25, -0.2) is 0 Å². The summed E-state index contributed by atoms with van der Waals surface area (Å²) in [5, 5.41) is 1.07. The molecule has 1 aromatic carbocycles. The molecule has 0 spiro atoms. The van der Waals surface area contributed by atoms with Crippen molar-refractivity contribution in [2.75, 3.05) is 14.1 Å². The number of fused-ring (bicyclic) bond motifs is 1. The van der Waals surface area contributed by atoms with Crippen LogP contribution in [0.5, 0.6) is 0 Å². The van der Waals surface area contributed by atoms with Crippen molar-refractivity contribution < 1.29 is 6.22 Å². The Hall–Kier alpha value is -1.77. The van der Waals surface area contributed by atoms with Gasteiger partial charge >= 0.3 is 0 Å². The van der Waals surface area contributed by atoms with Crippen LogP contribution in [0.4, 0.5) is 0 Å². The monoisotopic (exact) mass is 234 g/mol. The Kier molecular flexibility index (Phi) is 4.76. The zero-order chi connectivity index (χ0) is 12.8.